The molecule has 1 aliphatic rings. The molecule has 0 bridgehead atoms. The molecule has 124 valence electrons. The fraction of sp³-hybridized carbons (Fsp3) is 0.143. The number of thiocarbonyl (C=S) groups is 1. The zero-order valence-corrected chi connectivity index (χ0v) is 13.2. The molecule has 0 atom stereocenters. The summed E-state index contributed by atoms with van der Waals surface area (Å²) in [6.07, 6.45) is 3.31. The first-order valence-corrected chi connectivity index (χ1v) is 7.26. The van der Waals surface area contributed by atoms with E-state index in [9.17, 15) is 10.1 Å². The van der Waals surface area contributed by atoms with Crippen LogP contribution in [0.4, 0.5) is 5.69 Å². The number of ether oxygens (including phenoxy) is 2. The molecule has 0 spiro atoms. The van der Waals surface area contributed by atoms with Crippen molar-refractivity contribution in [3.05, 3.63) is 51.8 Å². The molecular formula is C14H13N5O4S. The second-order valence-electron chi connectivity index (χ2n) is 4.89. The van der Waals surface area contributed by atoms with Gasteiger partial charge in [0.1, 0.15) is 0 Å². The highest BCUT2D eigenvalue weighted by atomic mass is 32.1. The standard InChI is InChI=1S/C14H13N5O4S/c15-14(24)17-16-6-10-2-1-3-18(10)7-9-4-12-13(23-8-22-12)5-11(9)19(20)21/h1-6H,7-8H2,(H3,15,17,24). The summed E-state index contributed by atoms with van der Waals surface area (Å²) >= 11 is 4.67. The minimum atomic E-state index is -0.441. The Hall–Kier alpha value is -3.14. The van der Waals surface area contributed by atoms with Crippen molar-refractivity contribution in [2.24, 2.45) is 10.8 Å². The molecule has 0 unspecified atom stereocenters. The average molecular weight is 347 g/mol. The number of nitrogens with one attached hydrogen (secondary N) is 1. The Morgan fingerprint density at radius 1 is 1.50 bits per heavy atom. The second-order valence-corrected chi connectivity index (χ2v) is 5.33. The van der Waals surface area contributed by atoms with Crippen LogP contribution in [-0.4, -0.2) is 27.6 Å². The van der Waals surface area contributed by atoms with Crippen LogP contribution in [0.15, 0.2) is 35.6 Å². The molecule has 0 aliphatic carbocycles. The van der Waals surface area contributed by atoms with Crippen LogP contribution in [0.3, 0.4) is 0 Å². The van der Waals surface area contributed by atoms with E-state index in [4.69, 9.17) is 15.2 Å². The van der Waals surface area contributed by atoms with Gasteiger partial charge in [-0.05, 0) is 30.4 Å². The molecule has 2 heterocycles. The first-order valence-electron chi connectivity index (χ1n) is 6.85. The third-order valence-corrected chi connectivity index (χ3v) is 3.44. The third kappa shape index (κ3) is 3.27. The smallest absolute Gasteiger partial charge is 0.278 e. The Morgan fingerprint density at radius 2 is 2.25 bits per heavy atom. The van der Waals surface area contributed by atoms with Crippen molar-refractivity contribution in [2.75, 3.05) is 6.79 Å². The monoisotopic (exact) mass is 347 g/mol. The predicted octanol–water partition coefficient (Wildman–Crippen LogP) is 1.34. The number of rotatable bonds is 5. The van der Waals surface area contributed by atoms with E-state index in [-0.39, 0.29) is 24.1 Å². The van der Waals surface area contributed by atoms with Gasteiger partial charge in [0.05, 0.1) is 35.0 Å². The van der Waals surface area contributed by atoms with Crippen LogP contribution in [0.5, 0.6) is 11.5 Å². The van der Waals surface area contributed by atoms with Crippen molar-refractivity contribution in [1.82, 2.24) is 9.99 Å². The fourth-order valence-corrected chi connectivity index (χ4v) is 2.36. The number of nitrogens with two attached hydrogens (primary N) is 1. The maximum absolute atomic E-state index is 11.3. The maximum Gasteiger partial charge on any atom is 0.278 e. The summed E-state index contributed by atoms with van der Waals surface area (Å²) in [6, 6.07) is 6.61. The number of benzene rings is 1. The lowest BCUT2D eigenvalue weighted by molar-refractivity contribution is -0.385. The minimum absolute atomic E-state index is 0.0305. The van der Waals surface area contributed by atoms with E-state index in [1.807, 2.05) is 6.07 Å². The summed E-state index contributed by atoms with van der Waals surface area (Å²) in [6.45, 7) is 0.330. The lowest BCUT2D eigenvalue weighted by atomic mass is 10.1. The van der Waals surface area contributed by atoms with E-state index in [0.29, 0.717) is 17.1 Å². The Bertz CT molecular complexity index is 833. The number of hydrogen-bond donors (Lipinski definition) is 2. The molecule has 0 saturated heterocycles. The minimum Gasteiger partial charge on any atom is -0.454 e. The average Bonchev–Trinajstić information content (AvgIpc) is 3.15. The van der Waals surface area contributed by atoms with Gasteiger partial charge in [0, 0.05) is 6.20 Å². The SMILES string of the molecule is NC(=S)NN=Cc1cccn1Cc1cc2c(cc1[N+](=O)[O-])OCO2. The van der Waals surface area contributed by atoms with Crippen molar-refractivity contribution in [1.29, 1.82) is 0 Å². The van der Waals surface area contributed by atoms with Gasteiger partial charge < -0.3 is 19.8 Å². The van der Waals surface area contributed by atoms with Crippen LogP contribution in [0.2, 0.25) is 0 Å². The van der Waals surface area contributed by atoms with Gasteiger partial charge in [0.15, 0.2) is 16.6 Å². The largest absolute Gasteiger partial charge is 0.454 e. The number of hydrogen-bond acceptors (Lipinski definition) is 6. The van der Waals surface area contributed by atoms with Crippen LogP contribution in [0.1, 0.15) is 11.3 Å². The molecule has 2 aromatic rings. The van der Waals surface area contributed by atoms with Gasteiger partial charge >= 0.3 is 0 Å². The Morgan fingerprint density at radius 3 is 2.96 bits per heavy atom. The van der Waals surface area contributed by atoms with Crippen molar-refractivity contribution in [3.63, 3.8) is 0 Å². The van der Waals surface area contributed by atoms with Gasteiger partial charge in [0.25, 0.3) is 5.69 Å². The molecule has 0 amide bonds. The van der Waals surface area contributed by atoms with Gasteiger partial charge in [-0.2, -0.15) is 5.10 Å². The molecule has 0 saturated carbocycles. The second kappa shape index (κ2) is 6.54. The van der Waals surface area contributed by atoms with E-state index < -0.39 is 4.92 Å². The third-order valence-electron chi connectivity index (χ3n) is 3.35. The lowest BCUT2D eigenvalue weighted by Crippen LogP contribution is -2.24. The lowest BCUT2D eigenvalue weighted by Gasteiger charge is -2.08. The first kappa shape index (κ1) is 15.7. The molecule has 9 nitrogen and oxygen atoms in total. The van der Waals surface area contributed by atoms with E-state index in [2.05, 4.69) is 22.7 Å². The number of aromatic nitrogens is 1. The highest BCUT2D eigenvalue weighted by Crippen LogP contribution is 2.38. The van der Waals surface area contributed by atoms with Crippen LogP contribution in [-0.2, 0) is 6.54 Å². The summed E-state index contributed by atoms with van der Waals surface area (Å²) in [5, 5.41) is 15.3. The van der Waals surface area contributed by atoms with Crippen molar-refractivity contribution >= 4 is 29.2 Å². The topological polar surface area (TPSA) is 117 Å². The Kier molecular flexibility index (Phi) is 4.29. The van der Waals surface area contributed by atoms with Crippen LogP contribution < -0.4 is 20.6 Å². The number of nitrogens with zero attached hydrogens (tertiary/aromatic N) is 3. The van der Waals surface area contributed by atoms with E-state index >= 15 is 0 Å². The molecule has 3 rings (SSSR count). The normalized spacial score (nSPS) is 12.5. The van der Waals surface area contributed by atoms with Crippen molar-refractivity contribution in [3.8, 4) is 11.5 Å². The number of nitro benzene ring substituents is 1. The van der Waals surface area contributed by atoms with E-state index in [1.165, 1.54) is 12.3 Å². The highest BCUT2D eigenvalue weighted by Gasteiger charge is 2.23. The van der Waals surface area contributed by atoms with Gasteiger partial charge in [0.2, 0.25) is 6.79 Å². The molecule has 1 aromatic heterocycles. The zero-order valence-electron chi connectivity index (χ0n) is 12.3. The first-order chi connectivity index (χ1) is 11.5. The summed E-state index contributed by atoms with van der Waals surface area (Å²) in [5.74, 6) is 0.869. The molecule has 3 N–H and O–H groups in total. The quantitative estimate of drug-likeness (QED) is 0.363. The van der Waals surface area contributed by atoms with Crippen LogP contribution in [0.25, 0.3) is 0 Å². The summed E-state index contributed by atoms with van der Waals surface area (Å²) in [4.78, 5) is 10.9. The summed E-state index contributed by atoms with van der Waals surface area (Å²) in [7, 11) is 0. The number of nitro groups is 1. The molecule has 0 fully saturated rings. The van der Waals surface area contributed by atoms with Crippen molar-refractivity contribution < 1.29 is 14.4 Å². The molecule has 1 aliphatic heterocycles. The molecule has 1 aromatic carbocycles. The zero-order chi connectivity index (χ0) is 17.1. The molecule has 24 heavy (non-hydrogen) atoms. The van der Waals surface area contributed by atoms with Gasteiger partial charge in [-0.1, -0.05) is 0 Å². The van der Waals surface area contributed by atoms with Crippen LogP contribution >= 0.6 is 12.2 Å². The summed E-state index contributed by atoms with van der Waals surface area (Å²) in [5.41, 5.74) is 8.95. The Labute approximate surface area is 141 Å². The number of hydrazone groups is 1. The molecule has 0 radical (unpaired) electrons. The van der Waals surface area contributed by atoms with Crippen LogP contribution in [0, 0.1) is 10.1 Å². The Balaban J connectivity index is 1.89. The van der Waals surface area contributed by atoms with E-state index in [1.54, 1.807) is 22.9 Å². The van der Waals surface area contributed by atoms with Crippen molar-refractivity contribution in [2.45, 2.75) is 6.54 Å². The van der Waals surface area contributed by atoms with E-state index in [0.717, 1.165) is 5.69 Å². The molecular weight excluding hydrogens is 334 g/mol. The number of fused-ring (bicyclic) bond motifs is 1. The molecule has 10 heteroatoms. The maximum atomic E-state index is 11.3. The van der Waals surface area contributed by atoms with Gasteiger partial charge in [-0.15, -0.1) is 0 Å². The van der Waals surface area contributed by atoms with Gasteiger partial charge in [-0.25, -0.2) is 0 Å². The summed E-state index contributed by atoms with van der Waals surface area (Å²) < 4.78 is 12.3. The highest BCUT2D eigenvalue weighted by molar-refractivity contribution is 7.80. The fourth-order valence-electron chi connectivity index (χ4n) is 2.30. The predicted molar refractivity (Wildman–Crippen MR) is 90.3 cm³/mol. The van der Waals surface area contributed by atoms with Gasteiger partial charge in [-0.3, -0.25) is 15.5 Å².